The van der Waals surface area contributed by atoms with Crippen LogP contribution in [0.4, 0.5) is 5.69 Å². The number of nitrogens with zero attached hydrogens (tertiary/aromatic N) is 2. The third kappa shape index (κ3) is 3.07. The molecular weight excluding hydrogens is 322 g/mol. The Morgan fingerprint density at radius 1 is 1.40 bits per heavy atom. The Hall–Kier alpha value is -1.27. The fourth-order valence-electron chi connectivity index (χ4n) is 2.80. The van der Waals surface area contributed by atoms with Crippen molar-refractivity contribution in [3.63, 3.8) is 0 Å². The molecule has 0 aliphatic heterocycles. The van der Waals surface area contributed by atoms with Crippen LogP contribution in [-0.4, -0.2) is 35.3 Å². The fourth-order valence-corrected chi connectivity index (χ4v) is 3.16. The maximum absolute atomic E-state index is 10.2. The monoisotopic (exact) mass is 341 g/mol. The highest BCUT2D eigenvalue weighted by molar-refractivity contribution is 9.10. The van der Waals surface area contributed by atoms with E-state index in [1.807, 2.05) is 30.1 Å². The number of benzene rings is 1. The van der Waals surface area contributed by atoms with Gasteiger partial charge in [0.2, 0.25) is 0 Å². The van der Waals surface area contributed by atoms with E-state index < -0.39 is 0 Å². The first-order valence-corrected chi connectivity index (χ1v) is 7.52. The molecule has 0 saturated heterocycles. The summed E-state index contributed by atoms with van der Waals surface area (Å²) in [4.78, 5) is 2.03. The van der Waals surface area contributed by atoms with Gasteiger partial charge in [0, 0.05) is 22.8 Å². The van der Waals surface area contributed by atoms with Crippen LogP contribution in [0.25, 0.3) is 0 Å². The molecule has 1 aliphatic rings. The Balaban J connectivity index is 2.36. The van der Waals surface area contributed by atoms with E-state index >= 15 is 0 Å². The highest BCUT2D eigenvalue weighted by Crippen LogP contribution is 2.30. The largest absolute Gasteiger partial charge is 0.409 e. The Kier molecular flexibility index (Phi) is 4.88. The molecule has 0 spiro atoms. The highest BCUT2D eigenvalue weighted by atomic mass is 79.9. The van der Waals surface area contributed by atoms with Gasteiger partial charge in [0.05, 0.1) is 12.1 Å². The summed E-state index contributed by atoms with van der Waals surface area (Å²) in [6.45, 7) is 0. The number of oxime groups is 1. The van der Waals surface area contributed by atoms with Gasteiger partial charge in [-0.3, -0.25) is 0 Å². The lowest BCUT2D eigenvalue weighted by molar-refractivity contribution is 0.106. The first kappa shape index (κ1) is 15.1. The van der Waals surface area contributed by atoms with Crippen LogP contribution in [0.15, 0.2) is 27.8 Å². The van der Waals surface area contributed by atoms with Crippen LogP contribution in [0.2, 0.25) is 0 Å². The molecule has 0 heterocycles. The van der Waals surface area contributed by atoms with E-state index in [9.17, 15) is 5.11 Å². The Morgan fingerprint density at radius 3 is 2.75 bits per heavy atom. The lowest BCUT2D eigenvalue weighted by Crippen LogP contribution is -2.44. The van der Waals surface area contributed by atoms with Gasteiger partial charge in [-0.15, -0.1) is 0 Å². The number of aliphatic hydroxyl groups is 1. The molecule has 1 aromatic rings. The van der Waals surface area contributed by atoms with Gasteiger partial charge in [0.15, 0.2) is 5.84 Å². The third-order valence-electron chi connectivity index (χ3n) is 3.91. The van der Waals surface area contributed by atoms with Crippen molar-refractivity contribution >= 4 is 27.5 Å². The lowest BCUT2D eigenvalue weighted by Gasteiger charge is -2.37. The van der Waals surface area contributed by atoms with Gasteiger partial charge < -0.3 is 20.9 Å². The molecule has 110 valence electrons. The third-order valence-corrected chi connectivity index (χ3v) is 4.41. The number of nitrogens with two attached hydrogens (primary N) is 1. The van der Waals surface area contributed by atoms with Gasteiger partial charge in [0.1, 0.15) is 0 Å². The molecule has 1 aromatic carbocycles. The molecule has 0 aromatic heterocycles. The van der Waals surface area contributed by atoms with E-state index in [0.717, 1.165) is 35.8 Å². The normalized spacial score (nSPS) is 23.6. The minimum atomic E-state index is -0.336. The van der Waals surface area contributed by atoms with Gasteiger partial charge in [-0.25, -0.2) is 0 Å². The van der Waals surface area contributed by atoms with E-state index in [1.165, 1.54) is 0 Å². The van der Waals surface area contributed by atoms with Crippen molar-refractivity contribution in [3.8, 4) is 0 Å². The number of amidine groups is 1. The number of hydrogen-bond donors (Lipinski definition) is 3. The van der Waals surface area contributed by atoms with E-state index in [-0.39, 0.29) is 18.0 Å². The minimum Gasteiger partial charge on any atom is -0.409 e. The second kappa shape index (κ2) is 6.45. The predicted octanol–water partition coefficient (Wildman–Crippen LogP) is 2.28. The Labute approximate surface area is 127 Å². The zero-order valence-corrected chi connectivity index (χ0v) is 13.0. The van der Waals surface area contributed by atoms with Crippen LogP contribution in [0.5, 0.6) is 0 Å². The summed E-state index contributed by atoms with van der Waals surface area (Å²) in [5.41, 5.74) is 7.27. The van der Waals surface area contributed by atoms with Gasteiger partial charge in [0.25, 0.3) is 0 Å². The van der Waals surface area contributed by atoms with Crippen molar-refractivity contribution in [1.82, 2.24) is 0 Å². The standard InChI is InChI=1S/C14H20BrN3O2/c1-18(12-4-2-3-5-13(12)19)11-7-6-9(15)8-10(11)14(16)17-20/h6-8,12-13,19-20H,2-5H2,1H3,(H2,16,17). The van der Waals surface area contributed by atoms with Crippen molar-refractivity contribution in [2.45, 2.75) is 37.8 Å². The zero-order valence-electron chi connectivity index (χ0n) is 11.5. The van der Waals surface area contributed by atoms with E-state index in [4.69, 9.17) is 10.9 Å². The molecule has 0 amide bonds. The van der Waals surface area contributed by atoms with Crippen LogP contribution in [-0.2, 0) is 0 Å². The summed E-state index contributed by atoms with van der Waals surface area (Å²) < 4.78 is 0.862. The summed E-state index contributed by atoms with van der Waals surface area (Å²) in [6, 6.07) is 5.71. The van der Waals surface area contributed by atoms with Gasteiger partial charge >= 0.3 is 0 Å². The summed E-state index contributed by atoms with van der Waals surface area (Å²) in [5, 5.41) is 22.2. The molecule has 2 atom stereocenters. The highest BCUT2D eigenvalue weighted by Gasteiger charge is 2.28. The van der Waals surface area contributed by atoms with Crippen LogP contribution in [0.1, 0.15) is 31.2 Å². The fraction of sp³-hybridized carbons (Fsp3) is 0.500. The molecule has 1 fully saturated rings. The van der Waals surface area contributed by atoms with Crippen molar-refractivity contribution in [1.29, 1.82) is 0 Å². The van der Waals surface area contributed by atoms with E-state index in [1.54, 1.807) is 0 Å². The molecule has 20 heavy (non-hydrogen) atoms. The molecule has 0 bridgehead atoms. The average Bonchev–Trinajstić information content (AvgIpc) is 2.46. The van der Waals surface area contributed by atoms with Gasteiger partial charge in [-0.1, -0.05) is 33.9 Å². The van der Waals surface area contributed by atoms with Crippen molar-refractivity contribution < 1.29 is 10.3 Å². The summed E-state index contributed by atoms with van der Waals surface area (Å²) >= 11 is 3.39. The van der Waals surface area contributed by atoms with Crippen molar-refractivity contribution in [3.05, 3.63) is 28.2 Å². The average molecular weight is 342 g/mol. The van der Waals surface area contributed by atoms with Gasteiger partial charge in [-0.2, -0.15) is 0 Å². The van der Waals surface area contributed by atoms with Crippen LogP contribution >= 0.6 is 15.9 Å². The molecular formula is C14H20BrN3O2. The maximum Gasteiger partial charge on any atom is 0.172 e. The summed E-state index contributed by atoms with van der Waals surface area (Å²) in [7, 11) is 1.94. The molecule has 6 heteroatoms. The number of anilines is 1. The molecule has 5 nitrogen and oxygen atoms in total. The topological polar surface area (TPSA) is 82.1 Å². The quantitative estimate of drug-likeness (QED) is 0.341. The second-order valence-corrected chi connectivity index (χ2v) is 6.09. The molecule has 4 N–H and O–H groups in total. The van der Waals surface area contributed by atoms with Crippen molar-refractivity contribution in [2.75, 3.05) is 11.9 Å². The number of halogens is 1. The molecule has 2 rings (SSSR count). The second-order valence-electron chi connectivity index (χ2n) is 5.18. The first-order chi connectivity index (χ1) is 9.54. The van der Waals surface area contributed by atoms with Crippen LogP contribution in [0.3, 0.4) is 0 Å². The summed E-state index contributed by atoms with van der Waals surface area (Å²) in [6.07, 6.45) is 3.62. The number of likely N-dealkylation sites (N-methyl/N-ethyl adjacent to an activating group) is 1. The predicted molar refractivity (Wildman–Crippen MR) is 83.3 cm³/mol. The Morgan fingerprint density at radius 2 is 2.10 bits per heavy atom. The number of rotatable bonds is 3. The van der Waals surface area contributed by atoms with Crippen LogP contribution < -0.4 is 10.6 Å². The number of hydrogen-bond acceptors (Lipinski definition) is 4. The van der Waals surface area contributed by atoms with Gasteiger partial charge in [-0.05, 0) is 31.0 Å². The smallest absolute Gasteiger partial charge is 0.172 e. The minimum absolute atomic E-state index is 0.0650. The lowest BCUT2D eigenvalue weighted by atomic mass is 9.91. The molecule has 0 radical (unpaired) electrons. The summed E-state index contributed by atoms with van der Waals surface area (Å²) in [5.74, 6) is 0.0680. The van der Waals surface area contributed by atoms with E-state index in [0.29, 0.717) is 5.56 Å². The molecule has 1 saturated carbocycles. The van der Waals surface area contributed by atoms with Crippen LogP contribution in [0, 0.1) is 0 Å². The maximum atomic E-state index is 10.2. The Bertz CT molecular complexity index is 507. The first-order valence-electron chi connectivity index (χ1n) is 6.73. The van der Waals surface area contributed by atoms with E-state index in [2.05, 4.69) is 21.1 Å². The van der Waals surface area contributed by atoms with Crippen molar-refractivity contribution in [2.24, 2.45) is 10.9 Å². The SMILES string of the molecule is CN(c1ccc(Br)cc1/C(N)=N/O)C1CCCCC1O. The number of aliphatic hydroxyl groups excluding tert-OH is 1. The molecule has 2 unspecified atom stereocenters. The molecule has 1 aliphatic carbocycles. The zero-order chi connectivity index (χ0) is 14.7.